The fraction of sp³-hybridized carbons (Fsp3) is 0.333. The van der Waals surface area contributed by atoms with Gasteiger partial charge in [0.15, 0.2) is 0 Å². The van der Waals surface area contributed by atoms with Crippen molar-refractivity contribution in [2.45, 2.75) is 12.6 Å². The number of aliphatic carboxylic acids is 1. The van der Waals surface area contributed by atoms with Gasteiger partial charge >= 0.3 is 5.97 Å². The Morgan fingerprint density at radius 3 is 2.86 bits per heavy atom. The zero-order chi connectivity index (χ0) is 14.7. The first-order valence-electron chi connectivity index (χ1n) is 7.00. The minimum Gasteiger partial charge on any atom is -0.480 e. The van der Waals surface area contributed by atoms with Gasteiger partial charge in [-0.15, -0.1) is 0 Å². The number of hydrogen-bond donors (Lipinski definition) is 2. The summed E-state index contributed by atoms with van der Waals surface area (Å²) in [6.45, 7) is 2.73. The number of benzene rings is 1. The van der Waals surface area contributed by atoms with Crippen LogP contribution in [0.1, 0.15) is 5.56 Å². The third-order valence-corrected chi connectivity index (χ3v) is 3.73. The molecule has 1 aliphatic heterocycles. The van der Waals surface area contributed by atoms with Crippen LogP contribution in [0.25, 0.3) is 5.69 Å². The second-order valence-electron chi connectivity index (χ2n) is 5.15. The van der Waals surface area contributed by atoms with Crippen molar-refractivity contribution in [1.82, 2.24) is 20.0 Å². The molecule has 1 unspecified atom stereocenters. The van der Waals surface area contributed by atoms with Crippen LogP contribution in [-0.2, 0) is 11.3 Å². The Kier molecular flexibility index (Phi) is 3.98. The van der Waals surface area contributed by atoms with Crippen LogP contribution >= 0.6 is 0 Å². The zero-order valence-electron chi connectivity index (χ0n) is 11.6. The highest BCUT2D eigenvalue weighted by Gasteiger charge is 2.27. The normalized spacial score (nSPS) is 19.5. The van der Waals surface area contributed by atoms with Crippen LogP contribution < -0.4 is 5.32 Å². The summed E-state index contributed by atoms with van der Waals surface area (Å²) in [6.07, 6.45) is 3.64. The van der Waals surface area contributed by atoms with Gasteiger partial charge in [0.1, 0.15) is 6.04 Å². The predicted octanol–water partition coefficient (Wildman–Crippen LogP) is 0.731. The lowest BCUT2D eigenvalue weighted by atomic mass is 10.1. The minimum absolute atomic E-state index is 0.454. The quantitative estimate of drug-likeness (QED) is 0.867. The second-order valence-corrected chi connectivity index (χ2v) is 5.15. The molecule has 6 heteroatoms. The topological polar surface area (TPSA) is 70.4 Å². The van der Waals surface area contributed by atoms with Gasteiger partial charge in [0.25, 0.3) is 0 Å². The first-order valence-corrected chi connectivity index (χ1v) is 7.00. The summed E-state index contributed by atoms with van der Waals surface area (Å²) in [4.78, 5) is 13.3. The number of carboxylic acid groups (broad SMARTS) is 1. The summed E-state index contributed by atoms with van der Waals surface area (Å²) >= 11 is 0. The first-order chi connectivity index (χ1) is 10.2. The van der Waals surface area contributed by atoms with E-state index in [1.807, 2.05) is 41.4 Å². The molecule has 0 amide bonds. The second kappa shape index (κ2) is 6.07. The van der Waals surface area contributed by atoms with Crippen molar-refractivity contribution < 1.29 is 9.90 Å². The molecular weight excluding hydrogens is 268 g/mol. The molecule has 1 fully saturated rings. The Bertz CT molecular complexity index is 595. The van der Waals surface area contributed by atoms with Crippen molar-refractivity contribution in [1.29, 1.82) is 0 Å². The molecule has 0 spiro atoms. The number of carboxylic acids is 1. The van der Waals surface area contributed by atoms with Crippen LogP contribution in [0.2, 0.25) is 0 Å². The molecule has 1 atom stereocenters. The zero-order valence-corrected chi connectivity index (χ0v) is 11.6. The number of nitrogens with zero attached hydrogens (tertiary/aromatic N) is 3. The molecule has 2 N–H and O–H groups in total. The summed E-state index contributed by atoms with van der Waals surface area (Å²) in [6, 6.07) is 9.48. The summed E-state index contributed by atoms with van der Waals surface area (Å²) in [5.41, 5.74) is 2.11. The third-order valence-electron chi connectivity index (χ3n) is 3.73. The van der Waals surface area contributed by atoms with Crippen LogP contribution in [0.4, 0.5) is 0 Å². The van der Waals surface area contributed by atoms with E-state index in [0.717, 1.165) is 24.3 Å². The Labute approximate surface area is 123 Å². The SMILES string of the molecule is O=C(O)C1CNCCN1Cc1ccc(-n2cccn2)cc1. The van der Waals surface area contributed by atoms with E-state index < -0.39 is 12.0 Å². The molecule has 1 aromatic heterocycles. The van der Waals surface area contributed by atoms with E-state index in [0.29, 0.717) is 13.1 Å². The van der Waals surface area contributed by atoms with Gasteiger partial charge in [0.2, 0.25) is 0 Å². The number of carbonyl (C=O) groups is 1. The number of hydrogen-bond acceptors (Lipinski definition) is 4. The summed E-state index contributed by atoms with van der Waals surface area (Å²) < 4.78 is 1.80. The molecule has 1 aliphatic rings. The molecule has 0 bridgehead atoms. The van der Waals surface area contributed by atoms with Crippen molar-refractivity contribution in [3.05, 3.63) is 48.3 Å². The maximum Gasteiger partial charge on any atom is 0.322 e. The van der Waals surface area contributed by atoms with E-state index in [4.69, 9.17) is 0 Å². The van der Waals surface area contributed by atoms with E-state index >= 15 is 0 Å². The van der Waals surface area contributed by atoms with Gasteiger partial charge in [-0.2, -0.15) is 5.10 Å². The van der Waals surface area contributed by atoms with Crippen LogP contribution in [0.15, 0.2) is 42.7 Å². The van der Waals surface area contributed by atoms with Gasteiger partial charge in [0, 0.05) is 38.6 Å². The van der Waals surface area contributed by atoms with Crippen molar-refractivity contribution >= 4 is 5.97 Å². The Hall–Kier alpha value is -2.18. The maximum atomic E-state index is 11.3. The van der Waals surface area contributed by atoms with Gasteiger partial charge in [-0.25, -0.2) is 4.68 Å². The molecule has 1 aromatic carbocycles. The van der Waals surface area contributed by atoms with Gasteiger partial charge in [-0.3, -0.25) is 9.69 Å². The lowest BCUT2D eigenvalue weighted by molar-refractivity contribution is -0.144. The van der Waals surface area contributed by atoms with E-state index in [2.05, 4.69) is 10.4 Å². The molecule has 2 aromatic rings. The van der Waals surface area contributed by atoms with Gasteiger partial charge in [-0.05, 0) is 23.8 Å². The van der Waals surface area contributed by atoms with E-state index in [1.165, 1.54) is 0 Å². The molecule has 2 heterocycles. The van der Waals surface area contributed by atoms with Crippen molar-refractivity contribution in [2.75, 3.05) is 19.6 Å². The Morgan fingerprint density at radius 2 is 2.19 bits per heavy atom. The van der Waals surface area contributed by atoms with Crippen molar-refractivity contribution in [2.24, 2.45) is 0 Å². The minimum atomic E-state index is -0.768. The molecule has 1 saturated heterocycles. The van der Waals surface area contributed by atoms with E-state index in [1.54, 1.807) is 10.9 Å². The number of nitrogens with one attached hydrogen (secondary N) is 1. The van der Waals surface area contributed by atoms with Crippen LogP contribution in [-0.4, -0.2) is 51.4 Å². The molecule has 0 aliphatic carbocycles. The number of rotatable bonds is 4. The molecule has 0 saturated carbocycles. The fourth-order valence-corrected chi connectivity index (χ4v) is 2.59. The Morgan fingerprint density at radius 1 is 1.38 bits per heavy atom. The smallest absolute Gasteiger partial charge is 0.322 e. The lowest BCUT2D eigenvalue weighted by Crippen LogP contribution is -2.54. The molecule has 21 heavy (non-hydrogen) atoms. The maximum absolute atomic E-state index is 11.3. The third kappa shape index (κ3) is 3.12. The standard InChI is InChI=1S/C15H18N4O2/c20-15(21)14-10-16-7-9-18(14)11-12-2-4-13(5-3-12)19-8-1-6-17-19/h1-6,8,14,16H,7,9-11H2,(H,20,21). The molecule has 110 valence electrons. The largest absolute Gasteiger partial charge is 0.480 e. The lowest BCUT2D eigenvalue weighted by Gasteiger charge is -2.33. The van der Waals surface area contributed by atoms with Crippen LogP contribution in [0, 0.1) is 0 Å². The average molecular weight is 286 g/mol. The van der Waals surface area contributed by atoms with Crippen LogP contribution in [0.5, 0.6) is 0 Å². The van der Waals surface area contributed by atoms with Crippen LogP contribution in [0.3, 0.4) is 0 Å². The van der Waals surface area contributed by atoms with Gasteiger partial charge < -0.3 is 10.4 Å². The van der Waals surface area contributed by atoms with Gasteiger partial charge in [0.05, 0.1) is 5.69 Å². The molecule has 6 nitrogen and oxygen atoms in total. The molecular formula is C15H18N4O2. The summed E-state index contributed by atoms with van der Waals surface area (Å²) in [5, 5.41) is 16.6. The average Bonchev–Trinajstić information content (AvgIpc) is 3.03. The number of aromatic nitrogens is 2. The first kappa shape index (κ1) is 13.8. The van der Waals surface area contributed by atoms with E-state index in [-0.39, 0.29) is 0 Å². The predicted molar refractivity (Wildman–Crippen MR) is 78.3 cm³/mol. The summed E-state index contributed by atoms with van der Waals surface area (Å²) in [5.74, 6) is -0.768. The van der Waals surface area contributed by atoms with Crippen molar-refractivity contribution in [3.63, 3.8) is 0 Å². The van der Waals surface area contributed by atoms with E-state index in [9.17, 15) is 9.90 Å². The van der Waals surface area contributed by atoms with Gasteiger partial charge in [-0.1, -0.05) is 12.1 Å². The highest BCUT2D eigenvalue weighted by molar-refractivity contribution is 5.74. The monoisotopic (exact) mass is 286 g/mol. The highest BCUT2D eigenvalue weighted by Crippen LogP contribution is 2.13. The Balaban J connectivity index is 1.71. The highest BCUT2D eigenvalue weighted by atomic mass is 16.4. The summed E-state index contributed by atoms with van der Waals surface area (Å²) in [7, 11) is 0. The molecule has 0 radical (unpaired) electrons. The molecule has 3 rings (SSSR count). The fourth-order valence-electron chi connectivity index (χ4n) is 2.59. The number of piperazine rings is 1. The van der Waals surface area contributed by atoms with Crippen molar-refractivity contribution in [3.8, 4) is 5.69 Å².